The lowest BCUT2D eigenvalue weighted by molar-refractivity contribution is -0.134. The number of piperidine rings is 1. The molecule has 0 bridgehead atoms. The molecule has 4 nitrogen and oxygen atoms in total. The number of primary amides is 1. The molecule has 0 unspecified atom stereocenters. The Kier molecular flexibility index (Phi) is 5.94. The van der Waals surface area contributed by atoms with Crippen LogP contribution in [0.4, 0.5) is 0 Å². The fourth-order valence-electron chi connectivity index (χ4n) is 2.38. The summed E-state index contributed by atoms with van der Waals surface area (Å²) in [6, 6.07) is 7.63. The predicted octanol–water partition coefficient (Wildman–Crippen LogP) is 2.55. The van der Waals surface area contributed by atoms with Gasteiger partial charge < -0.3 is 10.6 Å². The monoisotopic (exact) mass is 326 g/mol. The van der Waals surface area contributed by atoms with Crippen LogP contribution in [-0.2, 0) is 9.59 Å². The zero-order valence-corrected chi connectivity index (χ0v) is 13.3. The fraction of sp³-hybridized carbons (Fsp3) is 0.467. The minimum absolute atomic E-state index is 0.0773. The number of amides is 2. The summed E-state index contributed by atoms with van der Waals surface area (Å²) in [6.45, 7) is 1.26. The molecule has 0 atom stereocenters. The van der Waals surface area contributed by atoms with Gasteiger partial charge in [0.05, 0.1) is 5.02 Å². The predicted molar refractivity (Wildman–Crippen MR) is 85.3 cm³/mol. The number of hydrogen-bond donors (Lipinski definition) is 1. The molecule has 1 aromatic carbocycles. The Labute approximate surface area is 134 Å². The first-order valence-electron chi connectivity index (χ1n) is 7.02. The topological polar surface area (TPSA) is 63.4 Å². The molecule has 0 aromatic heterocycles. The number of nitrogens with two attached hydrogens (primary N) is 1. The highest BCUT2D eigenvalue weighted by Gasteiger charge is 2.25. The average Bonchev–Trinajstić information content (AvgIpc) is 2.49. The third kappa shape index (κ3) is 4.64. The smallest absolute Gasteiger partial charge is 0.223 e. The molecule has 1 aliphatic heterocycles. The number of nitrogens with zero attached hydrogens (tertiary/aromatic N) is 1. The Morgan fingerprint density at radius 2 is 1.95 bits per heavy atom. The molecule has 0 spiro atoms. The van der Waals surface area contributed by atoms with Crippen LogP contribution in [0.15, 0.2) is 29.2 Å². The number of carbonyl (C=O) groups is 2. The molecule has 1 heterocycles. The van der Waals surface area contributed by atoms with Crippen molar-refractivity contribution in [1.82, 2.24) is 4.90 Å². The van der Waals surface area contributed by atoms with Crippen molar-refractivity contribution in [2.24, 2.45) is 11.7 Å². The number of likely N-dealkylation sites (tertiary alicyclic amines) is 1. The van der Waals surface area contributed by atoms with Crippen molar-refractivity contribution >= 4 is 35.2 Å². The van der Waals surface area contributed by atoms with E-state index < -0.39 is 0 Å². The maximum Gasteiger partial charge on any atom is 0.223 e. The second kappa shape index (κ2) is 7.71. The number of halogens is 1. The minimum Gasteiger partial charge on any atom is -0.369 e. The van der Waals surface area contributed by atoms with Gasteiger partial charge >= 0.3 is 0 Å². The Balaban J connectivity index is 1.73. The van der Waals surface area contributed by atoms with E-state index in [4.69, 9.17) is 17.3 Å². The molecule has 2 rings (SSSR count). The van der Waals surface area contributed by atoms with E-state index in [0.29, 0.717) is 38.1 Å². The summed E-state index contributed by atoms with van der Waals surface area (Å²) in [5.74, 6) is 0.513. The maximum atomic E-state index is 12.1. The Hall–Kier alpha value is -1.20. The minimum atomic E-state index is -0.253. The molecule has 1 aliphatic rings. The fourth-order valence-corrected chi connectivity index (χ4v) is 3.56. The van der Waals surface area contributed by atoms with Gasteiger partial charge in [0, 0.05) is 36.1 Å². The van der Waals surface area contributed by atoms with Gasteiger partial charge in [0.2, 0.25) is 11.8 Å². The van der Waals surface area contributed by atoms with Gasteiger partial charge in [-0.3, -0.25) is 9.59 Å². The summed E-state index contributed by atoms with van der Waals surface area (Å²) in [4.78, 5) is 26.0. The van der Waals surface area contributed by atoms with E-state index in [1.54, 1.807) is 11.8 Å². The highest BCUT2D eigenvalue weighted by molar-refractivity contribution is 7.99. The van der Waals surface area contributed by atoms with Crippen molar-refractivity contribution in [2.45, 2.75) is 24.2 Å². The van der Waals surface area contributed by atoms with E-state index in [2.05, 4.69) is 0 Å². The van der Waals surface area contributed by atoms with Gasteiger partial charge in [-0.25, -0.2) is 0 Å². The number of benzene rings is 1. The van der Waals surface area contributed by atoms with Crippen molar-refractivity contribution in [1.29, 1.82) is 0 Å². The van der Waals surface area contributed by atoms with E-state index in [0.717, 1.165) is 9.92 Å². The first kappa shape index (κ1) is 16.2. The molecule has 0 saturated carbocycles. The van der Waals surface area contributed by atoms with Crippen molar-refractivity contribution in [2.75, 3.05) is 18.8 Å². The molecule has 1 saturated heterocycles. The van der Waals surface area contributed by atoms with Gasteiger partial charge in [0.1, 0.15) is 0 Å². The van der Waals surface area contributed by atoms with Crippen molar-refractivity contribution < 1.29 is 9.59 Å². The third-order valence-electron chi connectivity index (χ3n) is 3.66. The van der Waals surface area contributed by atoms with Gasteiger partial charge in [0.25, 0.3) is 0 Å². The standard InChI is InChI=1S/C15H19ClN2O2S/c16-12-3-1-2-4-13(12)21-10-7-14(19)18-8-5-11(6-9-18)15(17)20/h1-4,11H,5-10H2,(H2,17,20). The van der Waals surface area contributed by atoms with E-state index in [-0.39, 0.29) is 17.7 Å². The summed E-state index contributed by atoms with van der Waals surface area (Å²) >= 11 is 7.67. The SMILES string of the molecule is NC(=O)C1CCN(C(=O)CCSc2ccccc2Cl)CC1. The molecule has 2 amide bonds. The van der Waals surface area contributed by atoms with Crippen LogP contribution < -0.4 is 5.73 Å². The molecule has 6 heteroatoms. The van der Waals surface area contributed by atoms with Crippen molar-refractivity contribution in [3.8, 4) is 0 Å². The molecule has 0 radical (unpaired) electrons. The lowest BCUT2D eigenvalue weighted by Gasteiger charge is -2.30. The van der Waals surface area contributed by atoms with Gasteiger partial charge in [-0.15, -0.1) is 11.8 Å². The first-order chi connectivity index (χ1) is 10.1. The van der Waals surface area contributed by atoms with Crippen LogP contribution >= 0.6 is 23.4 Å². The van der Waals surface area contributed by atoms with Crippen LogP contribution in [0.5, 0.6) is 0 Å². The van der Waals surface area contributed by atoms with Crippen LogP contribution in [0.2, 0.25) is 5.02 Å². The third-order valence-corrected chi connectivity index (χ3v) is 5.18. The van der Waals surface area contributed by atoms with Crippen molar-refractivity contribution in [3.05, 3.63) is 29.3 Å². The quantitative estimate of drug-likeness (QED) is 0.846. The number of hydrogen-bond acceptors (Lipinski definition) is 3. The van der Waals surface area contributed by atoms with Gasteiger partial charge in [-0.1, -0.05) is 23.7 Å². The average molecular weight is 327 g/mol. The Morgan fingerprint density at radius 1 is 1.29 bits per heavy atom. The van der Waals surface area contributed by atoms with Gasteiger partial charge in [0.15, 0.2) is 0 Å². The number of rotatable bonds is 5. The summed E-state index contributed by atoms with van der Waals surface area (Å²) in [7, 11) is 0. The lowest BCUT2D eigenvalue weighted by Crippen LogP contribution is -2.41. The second-order valence-electron chi connectivity index (χ2n) is 5.09. The second-order valence-corrected chi connectivity index (χ2v) is 6.63. The largest absolute Gasteiger partial charge is 0.369 e. The van der Waals surface area contributed by atoms with E-state index in [1.165, 1.54) is 0 Å². The Morgan fingerprint density at radius 3 is 2.57 bits per heavy atom. The normalized spacial score (nSPS) is 16.0. The van der Waals surface area contributed by atoms with Crippen LogP contribution in [0.3, 0.4) is 0 Å². The molecule has 1 aromatic rings. The highest BCUT2D eigenvalue weighted by Crippen LogP contribution is 2.27. The molecule has 21 heavy (non-hydrogen) atoms. The molecular formula is C15H19ClN2O2S. The molecule has 0 aliphatic carbocycles. The molecular weight excluding hydrogens is 308 g/mol. The van der Waals surface area contributed by atoms with Crippen LogP contribution in [-0.4, -0.2) is 35.6 Å². The molecule has 114 valence electrons. The summed E-state index contributed by atoms with van der Waals surface area (Å²) < 4.78 is 0. The van der Waals surface area contributed by atoms with Gasteiger partial charge in [-0.05, 0) is 25.0 Å². The summed E-state index contributed by atoms with van der Waals surface area (Å²) in [5.41, 5.74) is 5.29. The molecule has 1 fully saturated rings. The van der Waals surface area contributed by atoms with Crippen LogP contribution in [0, 0.1) is 5.92 Å². The van der Waals surface area contributed by atoms with Gasteiger partial charge in [-0.2, -0.15) is 0 Å². The maximum absolute atomic E-state index is 12.1. The van der Waals surface area contributed by atoms with Crippen molar-refractivity contribution in [3.63, 3.8) is 0 Å². The number of thioether (sulfide) groups is 1. The highest BCUT2D eigenvalue weighted by atomic mass is 35.5. The Bertz CT molecular complexity index is 516. The molecule has 2 N–H and O–H groups in total. The van der Waals surface area contributed by atoms with Crippen LogP contribution in [0.25, 0.3) is 0 Å². The summed E-state index contributed by atoms with van der Waals surface area (Å²) in [6.07, 6.45) is 1.84. The van der Waals surface area contributed by atoms with E-state index in [1.807, 2.05) is 29.2 Å². The van der Waals surface area contributed by atoms with Crippen LogP contribution in [0.1, 0.15) is 19.3 Å². The lowest BCUT2D eigenvalue weighted by atomic mass is 9.96. The zero-order chi connectivity index (χ0) is 15.2. The van der Waals surface area contributed by atoms with E-state index >= 15 is 0 Å². The number of carbonyl (C=O) groups excluding carboxylic acids is 2. The first-order valence-corrected chi connectivity index (χ1v) is 8.38. The zero-order valence-electron chi connectivity index (χ0n) is 11.8. The van der Waals surface area contributed by atoms with E-state index in [9.17, 15) is 9.59 Å². The summed E-state index contributed by atoms with van der Waals surface area (Å²) in [5, 5.41) is 0.720.